The van der Waals surface area contributed by atoms with Crippen LogP contribution in [0.25, 0.3) is 0 Å². The van der Waals surface area contributed by atoms with Crippen molar-refractivity contribution < 1.29 is 0 Å². The van der Waals surface area contributed by atoms with Gasteiger partial charge in [-0.25, -0.2) is 9.97 Å². The van der Waals surface area contributed by atoms with Crippen molar-refractivity contribution in [2.24, 2.45) is 5.73 Å². The number of rotatable bonds is 2. The monoisotopic (exact) mass is 253 g/mol. The van der Waals surface area contributed by atoms with Gasteiger partial charge in [-0.05, 0) is 18.6 Å². The molecule has 16 heavy (non-hydrogen) atoms. The molecule has 5 heteroatoms. The fraction of sp³-hybridized carbons (Fsp3) is 0.636. The molecule has 1 atom stereocenters. The van der Waals surface area contributed by atoms with Crippen molar-refractivity contribution in [3.8, 4) is 0 Å². The van der Waals surface area contributed by atoms with Crippen molar-refractivity contribution in [3.05, 3.63) is 17.1 Å². The summed E-state index contributed by atoms with van der Waals surface area (Å²) in [6.07, 6.45) is 2.41. The van der Waals surface area contributed by atoms with Crippen molar-refractivity contribution in [1.82, 2.24) is 9.97 Å². The minimum atomic E-state index is 0.459. The molecule has 0 bridgehead atoms. The number of aromatic nitrogens is 2. The second kappa shape index (κ2) is 4.55. The van der Waals surface area contributed by atoms with E-state index in [2.05, 4.69) is 9.97 Å². The SMILES string of the molecule is NCc1nc2c(c(C3CCSC3)n1)CCS2. The van der Waals surface area contributed by atoms with Crippen LogP contribution in [0.15, 0.2) is 5.03 Å². The first-order valence-electron chi connectivity index (χ1n) is 5.69. The van der Waals surface area contributed by atoms with E-state index in [1.807, 2.05) is 23.5 Å². The van der Waals surface area contributed by atoms with Crippen LogP contribution in [0, 0.1) is 0 Å². The van der Waals surface area contributed by atoms with Gasteiger partial charge >= 0.3 is 0 Å². The van der Waals surface area contributed by atoms with Crippen LogP contribution in [0.1, 0.15) is 29.4 Å². The highest BCUT2D eigenvalue weighted by molar-refractivity contribution is 7.99. The van der Waals surface area contributed by atoms with E-state index in [9.17, 15) is 0 Å². The van der Waals surface area contributed by atoms with Gasteiger partial charge in [0.25, 0.3) is 0 Å². The molecule has 1 aromatic rings. The lowest BCUT2D eigenvalue weighted by Crippen LogP contribution is -2.11. The standard InChI is InChI=1S/C11H15N3S2/c12-5-9-13-10(7-1-3-15-6-7)8-2-4-16-11(8)14-9/h7H,1-6,12H2. The van der Waals surface area contributed by atoms with Crippen LogP contribution < -0.4 is 5.73 Å². The predicted molar refractivity (Wildman–Crippen MR) is 69.0 cm³/mol. The molecular weight excluding hydrogens is 238 g/mol. The Hall–Kier alpha value is -0.260. The highest BCUT2D eigenvalue weighted by Crippen LogP contribution is 2.38. The summed E-state index contributed by atoms with van der Waals surface area (Å²) in [5.74, 6) is 5.11. The number of nitrogens with two attached hydrogens (primary N) is 1. The van der Waals surface area contributed by atoms with E-state index in [0.29, 0.717) is 12.5 Å². The fourth-order valence-electron chi connectivity index (χ4n) is 2.31. The third kappa shape index (κ3) is 1.85. The lowest BCUT2D eigenvalue weighted by atomic mass is 9.99. The van der Waals surface area contributed by atoms with Crippen LogP contribution in [0.4, 0.5) is 0 Å². The van der Waals surface area contributed by atoms with Gasteiger partial charge in [0.1, 0.15) is 10.9 Å². The normalized spacial score (nSPS) is 23.7. The van der Waals surface area contributed by atoms with Crippen LogP contribution >= 0.6 is 23.5 Å². The van der Waals surface area contributed by atoms with Gasteiger partial charge in [0.15, 0.2) is 0 Å². The Morgan fingerprint density at radius 3 is 3.00 bits per heavy atom. The zero-order chi connectivity index (χ0) is 11.0. The molecule has 0 saturated carbocycles. The van der Waals surface area contributed by atoms with Crippen LogP contribution in [-0.4, -0.2) is 27.2 Å². The highest BCUT2D eigenvalue weighted by Gasteiger charge is 2.27. The molecular formula is C11H15N3S2. The number of fused-ring (bicyclic) bond motifs is 1. The van der Waals surface area contributed by atoms with Gasteiger partial charge in [-0.15, -0.1) is 11.8 Å². The summed E-state index contributed by atoms with van der Waals surface area (Å²) >= 11 is 3.89. The summed E-state index contributed by atoms with van der Waals surface area (Å²) < 4.78 is 0. The van der Waals surface area contributed by atoms with Crippen molar-refractivity contribution in [2.45, 2.75) is 30.3 Å². The molecule has 1 fully saturated rings. The molecule has 86 valence electrons. The zero-order valence-corrected chi connectivity index (χ0v) is 10.7. The predicted octanol–water partition coefficient (Wildman–Crippen LogP) is 1.80. The lowest BCUT2D eigenvalue weighted by molar-refractivity contribution is 0.701. The third-order valence-corrected chi connectivity index (χ3v) is 5.32. The van der Waals surface area contributed by atoms with E-state index in [-0.39, 0.29) is 0 Å². The van der Waals surface area contributed by atoms with E-state index in [4.69, 9.17) is 5.73 Å². The van der Waals surface area contributed by atoms with Crippen molar-refractivity contribution >= 4 is 23.5 Å². The largest absolute Gasteiger partial charge is 0.324 e. The second-order valence-electron chi connectivity index (χ2n) is 4.17. The molecule has 0 radical (unpaired) electrons. The summed E-state index contributed by atoms with van der Waals surface area (Å²) in [7, 11) is 0. The zero-order valence-electron chi connectivity index (χ0n) is 9.11. The van der Waals surface area contributed by atoms with Gasteiger partial charge < -0.3 is 5.73 Å². The first-order valence-corrected chi connectivity index (χ1v) is 7.83. The van der Waals surface area contributed by atoms with Crippen LogP contribution in [0.3, 0.4) is 0 Å². The van der Waals surface area contributed by atoms with Crippen molar-refractivity contribution in [3.63, 3.8) is 0 Å². The molecule has 3 heterocycles. The smallest absolute Gasteiger partial charge is 0.143 e. The summed E-state index contributed by atoms with van der Waals surface area (Å²) in [6, 6.07) is 0. The molecule has 2 aliphatic rings. The molecule has 1 unspecified atom stereocenters. The Labute approximate surface area is 104 Å². The number of thioether (sulfide) groups is 2. The molecule has 1 saturated heterocycles. The summed E-state index contributed by atoms with van der Waals surface area (Å²) in [6.45, 7) is 0.459. The van der Waals surface area contributed by atoms with Crippen molar-refractivity contribution in [1.29, 1.82) is 0 Å². The number of hydrogen-bond acceptors (Lipinski definition) is 5. The molecule has 2 N–H and O–H groups in total. The Morgan fingerprint density at radius 1 is 1.31 bits per heavy atom. The number of nitrogens with zero attached hydrogens (tertiary/aromatic N) is 2. The molecule has 2 aliphatic heterocycles. The molecule has 3 nitrogen and oxygen atoms in total. The first-order chi connectivity index (χ1) is 7.88. The topological polar surface area (TPSA) is 51.8 Å². The molecule has 0 aromatic carbocycles. The van der Waals surface area contributed by atoms with E-state index >= 15 is 0 Å². The minimum absolute atomic E-state index is 0.459. The molecule has 1 aromatic heterocycles. The maximum absolute atomic E-state index is 5.67. The number of hydrogen-bond donors (Lipinski definition) is 1. The fourth-order valence-corrected chi connectivity index (χ4v) is 4.59. The highest BCUT2D eigenvalue weighted by atomic mass is 32.2. The first kappa shape index (κ1) is 10.9. The average Bonchev–Trinajstić information content (AvgIpc) is 2.98. The van der Waals surface area contributed by atoms with E-state index in [0.717, 1.165) is 18.0 Å². The summed E-state index contributed by atoms with van der Waals surface area (Å²) in [5, 5.41) is 1.20. The van der Waals surface area contributed by atoms with Gasteiger partial charge in [-0.3, -0.25) is 0 Å². The third-order valence-electron chi connectivity index (χ3n) is 3.14. The molecule has 0 spiro atoms. The Balaban J connectivity index is 2.04. The van der Waals surface area contributed by atoms with E-state index < -0.39 is 0 Å². The maximum atomic E-state index is 5.67. The Morgan fingerprint density at radius 2 is 2.25 bits per heavy atom. The van der Waals surface area contributed by atoms with Crippen LogP contribution in [0.2, 0.25) is 0 Å². The van der Waals surface area contributed by atoms with E-state index in [1.165, 1.54) is 34.2 Å². The van der Waals surface area contributed by atoms with Gasteiger partial charge in [0, 0.05) is 23.0 Å². The van der Waals surface area contributed by atoms with Gasteiger partial charge in [0.2, 0.25) is 0 Å². The van der Waals surface area contributed by atoms with Gasteiger partial charge in [-0.2, -0.15) is 11.8 Å². The molecule has 0 amide bonds. The quantitative estimate of drug-likeness (QED) is 0.815. The Bertz CT molecular complexity index is 402. The van der Waals surface area contributed by atoms with Gasteiger partial charge in [0.05, 0.1) is 12.2 Å². The van der Waals surface area contributed by atoms with E-state index in [1.54, 1.807) is 0 Å². The Kier molecular flexibility index (Phi) is 3.09. The minimum Gasteiger partial charge on any atom is -0.324 e. The summed E-state index contributed by atoms with van der Waals surface area (Å²) in [5.41, 5.74) is 8.39. The van der Waals surface area contributed by atoms with Crippen molar-refractivity contribution in [2.75, 3.05) is 17.3 Å². The molecule has 0 aliphatic carbocycles. The van der Waals surface area contributed by atoms with Crippen LogP contribution in [0.5, 0.6) is 0 Å². The van der Waals surface area contributed by atoms with Crippen LogP contribution in [-0.2, 0) is 13.0 Å². The second-order valence-corrected chi connectivity index (χ2v) is 6.41. The maximum Gasteiger partial charge on any atom is 0.143 e. The van der Waals surface area contributed by atoms with Gasteiger partial charge in [-0.1, -0.05) is 0 Å². The average molecular weight is 253 g/mol. The molecule has 3 rings (SSSR count). The lowest BCUT2D eigenvalue weighted by Gasteiger charge is -2.13. The summed E-state index contributed by atoms with van der Waals surface area (Å²) in [4.78, 5) is 9.21.